The Morgan fingerprint density at radius 1 is 1.22 bits per heavy atom. The van der Waals surface area contributed by atoms with Crippen LogP contribution < -0.4 is 5.32 Å². The summed E-state index contributed by atoms with van der Waals surface area (Å²) in [5, 5.41) is 22.4. The maximum atomic E-state index is 11.3. The first-order valence-corrected chi connectivity index (χ1v) is 7.01. The Morgan fingerprint density at radius 3 is 2.39 bits per heavy atom. The first kappa shape index (κ1) is 13.8. The van der Waals surface area contributed by atoms with E-state index in [0.29, 0.717) is 25.9 Å². The SMILES string of the molecule is O=C(O)C1(NCC(O)CN2CCCC2)CCCC1. The number of β-amino-alcohol motifs (C(OH)–C–C–N with tert-alkyl or cyclic N) is 1. The van der Waals surface area contributed by atoms with Crippen molar-refractivity contribution in [3.05, 3.63) is 0 Å². The lowest BCUT2D eigenvalue weighted by Crippen LogP contribution is -2.53. The zero-order valence-corrected chi connectivity index (χ0v) is 10.9. The molecule has 1 aliphatic carbocycles. The van der Waals surface area contributed by atoms with E-state index in [-0.39, 0.29) is 0 Å². The van der Waals surface area contributed by atoms with Crippen LogP contribution in [0.1, 0.15) is 38.5 Å². The number of nitrogens with zero attached hydrogens (tertiary/aromatic N) is 1. The zero-order chi connectivity index (χ0) is 13.0. The van der Waals surface area contributed by atoms with Gasteiger partial charge in [-0.2, -0.15) is 0 Å². The number of hydrogen-bond donors (Lipinski definition) is 3. The molecule has 1 unspecified atom stereocenters. The summed E-state index contributed by atoms with van der Waals surface area (Å²) in [6.45, 7) is 3.15. The summed E-state index contributed by atoms with van der Waals surface area (Å²) in [6.07, 6.45) is 5.22. The summed E-state index contributed by atoms with van der Waals surface area (Å²) in [7, 11) is 0. The van der Waals surface area contributed by atoms with Crippen LogP contribution in [0.2, 0.25) is 0 Å². The summed E-state index contributed by atoms with van der Waals surface area (Å²) in [5.74, 6) is -0.770. The van der Waals surface area contributed by atoms with Gasteiger partial charge in [-0.25, -0.2) is 0 Å². The van der Waals surface area contributed by atoms with Crippen LogP contribution in [0.25, 0.3) is 0 Å². The molecule has 1 heterocycles. The van der Waals surface area contributed by atoms with Gasteiger partial charge in [0.15, 0.2) is 0 Å². The maximum absolute atomic E-state index is 11.3. The average molecular weight is 256 g/mol. The Balaban J connectivity index is 1.76. The number of aliphatic hydroxyl groups is 1. The van der Waals surface area contributed by atoms with Crippen LogP contribution >= 0.6 is 0 Å². The third-order valence-corrected chi connectivity index (χ3v) is 4.21. The smallest absolute Gasteiger partial charge is 0.323 e. The molecule has 0 radical (unpaired) electrons. The Kier molecular flexibility index (Phi) is 4.59. The monoisotopic (exact) mass is 256 g/mol. The van der Waals surface area contributed by atoms with Crippen LogP contribution in [0.5, 0.6) is 0 Å². The minimum Gasteiger partial charge on any atom is -0.480 e. The number of carbonyl (C=O) groups is 1. The molecule has 1 saturated heterocycles. The molecular formula is C13H24N2O3. The average Bonchev–Trinajstić information content (AvgIpc) is 2.97. The highest BCUT2D eigenvalue weighted by Crippen LogP contribution is 2.29. The number of likely N-dealkylation sites (tertiary alicyclic amines) is 1. The van der Waals surface area contributed by atoms with Crippen LogP contribution in [0, 0.1) is 0 Å². The van der Waals surface area contributed by atoms with E-state index in [4.69, 9.17) is 0 Å². The van der Waals surface area contributed by atoms with Gasteiger partial charge in [0.05, 0.1) is 6.10 Å². The van der Waals surface area contributed by atoms with E-state index >= 15 is 0 Å². The maximum Gasteiger partial charge on any atom is 0.323 e. The van der Waals surface area contributed by atoms with Crippen LogP contribution in [0.3, 0.4) is 0 Å². The minimum absolute atomic E-state index is 0.378. The highest BCUT2D eigenvalue weighted by atomic mass is 16.4. The standard InChI is InChI=1S/C13H24N2O3/c16-11(10-15-7-3-4-8-15)9-14-13(12(17)18)5-1-2-6-13/h11,14,16H,1-10H2,(H,17,18). The van der Waals surface area contributed by atoms with Gasteiger partial charge in [0.25, 0.3) is 0 Å². The van der Waals surface area contributed by atoms with E-state index < -0.39 is 17.6 Å². The van der Waals surface area contributed by atoms with Crippen molar-refractivity contribution < 1.29 is 15.0 Å². The number of nitrogens with one attached hydrogen (secondary N) is 1. The Bertz CT molecular complexity index is 284. The highest BCUT2D eigenvalue weighted by Gasteiger charge is 2.41. The van der Waals surface area contributed by atoms with Gasteiger partial charge in [0.1, 0.15) is 5.54 Å². The first-order valence-electron chi connectivity index (χ1n) is 7.01. The number of hydrogen-bond acceptors (Lipinski definition) is 4. The molecule has 1 atom stereocenters. The van der Waals surface area contributed by atoms with Gasteiger partial charge in [0.2, 0.25) is 0 Å². The molecule has 2 fully saturated rings. The van der Waals surface area contributed by atoms with Gasteiger partial charge in [-0.15, -0.1) is 0 Å². The number of aliphatic carboxylic acids is 1. The first-order chi connectivity index (χ1) is 8.62. The van der Waals surface area contributed by atoms with Crippen molar-refractivity contribution in [3.63, 3.8) is 0 Å². The van der Waals surface area contributed by atoms with E-state index in [0.717, 1.165) is 25.9 Å². The highest BCUT2D eigenvalue weighted by molar-refractivity contribution is 5.79. The molecule has 0 bridgehead atoms. The van der Waals surface area contributed by atoms with Crippen molar-refractivity contribution in [2.45, 2.75) is 50.2 Å². The van der Waals surface area contributed by atoms with E-state index in [2.05, 4.69) is 10.2 Å². The quantitative estimate of drug-likeness (QED) is 0.643. The summed E-state index contributed by atoms with van der Waals surface area (Å²) >= 11 is 0. The molecule has 5 nitrogen and oxygen atoms in total. The Labute approximate surface area is 108 Å². The second-order valence-electron chi connectivity index (χ2n) is 5.64. The molecule has 18 heavy (non-hydrogen) atoms. The predicted octanol–water partition coefficient (Wildman–Crippen LogP) is 0.430. The summed E-state index contributed by atoms with van der Waals surface area (Å²) in [4.78, 5) is 13.6. The fourth-order valence-corrected chi connectivity index (χ4v) is 3.09. The number of rotatable bonds is 6. The molecule has 0 spiro atoms. The third-order valence-electron chi connectivity index (χ3n) is 4.21. The van der Waals surface area contributed by atoms with Crippen molar-refractivity contribution >= 4 is 5.97 Å². The van der Waals surface area contributed by atoms with E-state index in [1.54, 1.807) is 0 Å². The van der Waals surface area contributed by atoms with Gasteiger partial charge < -0.3 is 15.1 Å². The topological polar surface area (TPSA) is 72.8 Å². The molecule has 3 N–H and O–H groups in total. The van der Waals surface area contributed by atoms with Crippen molar-refractivity contribution in [2.75, 3.05) is 26.2 Å². The van der Waals surface area contributed by atoms with Crippen LogP contribution in [0.15, 0.2) is 0 Å². The molecule has 0 aromatic heterocycles. The second-order valence-corrected chi connectivity index (χ2v) is 5.64. The van der Waals surface area contributed by atoms with Crippen molar-refractivity contribution in [1.82, 2.24) is 10.2 Å². The molecule has 5 heteroatoms. The molecule has 2 aliphatic rings. The van der Waals surface area contributed by atoms with Gasteiger partial charge in [-0.1, -0.05) is 12.8 Å². The summed E-state index contributed by atoms with van der Waals surface area (Å²) in [5.41, 5.74) is -0.786. The van der Waals surface area contributed by atoms with Crippen molar-refractivity contribution in [1.29, 1.82) is 0 Å². The lowest BCUT2D eigenvalue weighted by Gasteiger charge is -2.28. The van der Waals surface area contributed by atoms with Crippen LogP contribution in [-0.4, -0.2) is 58.9 Å². The normalized spacial score (nSPS) is 25.4. The van der Waals surface area contributed by atoms with Gasteiger partial charge >= 0.3 is 5.97 Å². The van der Waals surface area contributed by atoms with Gasteiger partial charge in [-0.05, 0) is 38.8 Å². The largest absolute Gasteiger partial charge is 0.480 e. The predicted molar refractivity (Wildman–Crippen MR) is 68.5 cm³/mol. The van der Waals surface area contributed by atoms with Crippen LogP contribution in [-0.2, 0) is 4.79 Å². The fourth-order valence-electron chi connectivity index (χ4n) is 3.09. The molecule has 0 aromatic carbocycles. The van der Waals surface area contributed by atoms with Crippen molar-refractivity contribution in [3.8, 4) is 0 Å². The third kappa shape index (κ3) is 3.22. The molecule has 1 saturated carbocycles. The minimum atomic E-state index is -0.786. The van der Waals surface area contributed by atoms with E-state index in [9.17, 15) is 15.0 Å². The molecule has 2 rings (SSSR count). The number of carboxylic acid groups (broad SMARTS) is 1. The lowest BCUT2D eigenvalue weighted by atomic mass is 9.97. The van der Waals surface area contributed by atoms with E-state index in [1.807, 2.05) is 0 Å². The van der Waals surface area contributed by atoms with Gasteiger partial charge in [0, 0.05) is 13.1 Å². The molecule has 104 valence electrons. The molecular weight excluding hydrogens is 232 g/mol. The molecule has 1 aliphatic heterocycles. The fraction of sp³-hybridized carbons (Fsp3) is 0.923. The molecule has 0 amide bonds. The van der Waals surface area contributed by atoms with Crippen LogP contribution in [0.4, 0.5) is 0 Å². The Hall–Kier alpha value is -0.650. The lowest BCUT2D eigenvalue weighted by molar-refractivity contribution is -0.144. The van der Waals surface area contributed by atoms with E-state index in [1.165, 1.54) is 12.8 Å². The van der Waals surface area contributed by atoms with Gasteiger partial charge in [-0.3, -0.25) is 10.1 Å². The van der Waals surface area contributed by atoms with Crippen molar-refractivity contribution in [2.24, 2.45) is 0 Å². The summed E-state index contributed by atoms with van der Waals surface area (Å²) in [6, 6.07) is 0. The second kappa shape index (κ2) is 5.99. The number of aliphatic hydroxyl groups excluding tert-OH is 1. The zero-order valence-electron chi connectivity index (χ0n) is 10.9. The Morgan fingerprint density at radius 2 is 1.83 bits per heavy atom. The summed E-state index contributed by atoms with van der Waals surface area (Å²) < 4.78 is 0. The molecule has 0 aromatic rings. The number of carboxylic acids is 1.